The molecule has 2 atom stereocenters. The molecule has 0 aliphatic heterocycles. The van der Waals surface area contributed by atoms with Crippen LogP contribution in [0.1, 0.15) is 51.4 Å². The summed E-state index contributed by atoms with van der Waals surface area (Å²) >= 11 is 6.66. The number of hydrogen-bond acceptors (Lipinski definition) is 8. The number of hydrogen-bond donors (Lipinski definition) is 0. The Hall–Kier alpha value is -3.12. The van der Waals surface area contributed by atoms with Gasteiger partial charge in [0.05, 0.1) is 33.1 Å². The van der Waals surface area contributed by atoms with Gasteiger partial charge in [0.2, 0.25) is 5.75 Å². The molecule has 0 bridgehead atoms. The summed E-state index contributed by atoms with van der Waals surface area (Å²) in [5, 5.41) is 16.5. The lowest BCUT2D eigenvalue weighted by Gasteiger charge is -2.15. The number of rotatable bonds is 9. The highest BCUT2D eigenvalue weighted by atomic mass is 79.9. The van der Waals surface area contributed by atoms with Crippen molar-refractivity contribution in [2.24, 2.45) is 5.10 Å². The lowest BCUT2D eigenvalue weighted by Crippen LogP contribution is -2.26. The number of fused-ring (bicyclic) bond motifs is 1. The van der Waals surface area contributed by atoms with Crippen LogP contribution in [0.25, 0.3) is 10.9 Å². The first-order valence-electron chi connectivity index (χ1n) is 11.1. The lowest BCUT2D eigenvalue weighted by atomic mass is 10.1. The van der Waals surface area contributed by atoms with Gasteiger partial charge in [-0.1, -0.05) is 29.8 Å². The Kier molecular flexibility index (Phi) is 8.96. The maximum absolute atomic E-state index is 13.3. The molecular formula is C24H24Br2N4O6. The fraction of sp³-hybridized carbons (Fsp3) is 0.333. The highest BCUT2D eigenvalue weighted by Crippen LogP contribution is 2.37. The first-order chi connectivity index (χ1) is 17.1. The Morgan fingerprint density at radius 3 is 2.61 bits per heavy atom. The Bertz CT molecular complexity index is 1410. The Morgan fingerprint density at radius 2 is 1.97 bits per heavy atom. The molecule has 0 fully saturated rings. The van der Waals surface area contributed by atoms with Gasteiger partial charge in [-0.25, -0.2) is 9.78 Å². The monoisotopic (exact) mass is 622 g/mol. The predicted octanol–water partition coefficient (Wildman–Crippen LogP) is 5.56. The van der Waals surface area contributed by atoms with E-state index in [9.17, 15) is 19.7 Å². The molecule has 0 aliphatic rings. The van der Waals surface area contributed by atoms with Crippen molar-refractivity contribution in [3.8, 4) is 5.75 Å². The van der Waals surface area contributed by atoms with Crippen molar-refractivity contribution < 1.29 is 19.2 Å². The van der Waals surface area contributed by atoms with E-state index < -0.39 is 17.0 Å². The predicted molar refractivity (Wildman–Crippen MR) is 143 cm³/mol. The number of carbonyl (C=O) groups is 1. The number of ether oxygens (including phenoxy) is 2. The molecule has 12 heteroatoms. The van der Waals surface area contributed by atoms with Gasteiger partial charge in [-0.05, 0) is 60.5 Å². The summed E-state index contributed by atoms with van der Waals surface area (Å²) in [6, 6.07) is 8.04. The van der Waals surface area contributed by atoms with Crippen LogP contribution in [0.2, 0.25) is 0 Å². The molecule has 10 nitrogen and oxygen atoms in total. The highest BCUT2D eigenvalue weighted by Gasteiger charge is 2.25. The van der Waals surface area contributed by atoms with E-state index in [2.05, 4.69) is 41.9 Å². The maximum atomic E-state index is 13.3. The topological polar surface area (TPSA) is 126 Å². The molecule has 0 radical (unpaired) electrons. The number of esters is 1. The SMILES string of the molecule is CCOC(=O)[C@@H](C)Oc1c(Br)cc(C=Nn2c([C@@H](C)CC)nc3ccc(Br)cc3c2=O)cc1[N+](=O)[O-]. The van der Waals surface area contributed by atoms with Crippen LogP contribution in [-0.4, -0.2) is 39.5 Å². The van der Waals surface area contributed by atoms with Gasteiger partial charge in [-0.3, -0.25) is 14.9 Å². The van der Waals surface area contributed by atoms with Crippen molar-refractivity contribution in [2.75, 3.05) is 6.61 Å². The second-order valence-corrected chi connectivity index (χ2v) is 9.69. The average molecular weight is 624 g/mol. The van der Waals surface area contributed by atoms with E-state index in [1.165, 1.54) is 23.9 Å². The van der Waals surface area contributed by atoms with Gasteiger partial charge in [-0.15, -0.1) is 0 Å². The number of aromatic nitrogens is 2. The average Bonchev–Trinajstić information content (AvgIpc) is 2.84. The minimum atomic E-state index is -1.06. The molecule has 36 heavy (non-hydrogen) atoms. The lowest BCUT2D eigenvalue weighted by molar-refractivity contribution is -0.386. The fourth-order valence-electron chi connectivity index (χ4n) is 3.31. The largest absolute Gasteiger partial charge is 0.471 e. The van der Waals surface area contributed by atoms with Crippen LogP contribution in [0.3, 0.4) is 0 Å². The van der Waals surface area contributed by atoms with E-state index >= 15 is 0 Å². The van der Waals surface area contributed by atoms with Crippen LogP contribution in [0.5, 0.6) is 5.75 Å². The van der Waals surface area contributed by atoms with Crippen LogP contribution in [0, 0.1) is 10.1 Å². The second kappa shape index (κ2) is 11.7. The molecule has 0 amide bonds. The van der Waals surface area contributed by atoms with E-state index in [0.29, 0.717) is 22.3 Å². The third-order valence-electron chi connectivity index (χ3n) is 5.36. The van der Waals surface area contributed by atoms with Gasteiger partial charge in [0.25, 0.3) is 5.56 Å². The minimum absolute atomic E-state index is 0.0656. The Balaban J connectivity index is 2.08. The van der Waals surface area contributed by atoms with Crippen molar-refractivity contribution in [1.82, 2.24) is 9.66 Å². The van der Waals surface area contributed by atoms with E-state index in [0.717, 1.165) is 10.9 Å². The zero-order chi connectivity index (χ0) is 26.6. The summed E-state index contributed by atoms with van der Waals surface area (Å²) in [6.45, 7) is 7.17. The van der Waals surface area contributed by atoms with Crippen molar-refractivity contribution in [2.45, 2.75) is 46.1 Å². The van der Waals surface area contributed by atoms with Crippen LogP contribution in [0.4, 0.5) is 5.69 Å². The standard InChI is InChI=1S/C24H24Br2N4O6/c1-5-13(3)22-28-19-8-7-16(25)11-17(19)23(31)29(22)27-12-15-9-18(26)21(20(10-15)30(33)34)36-14(4)24(32)35-6-2/h7-14H,5-6H2,1-4H3/t13-,14+/m0/s1. The number of carbonyl (C=O) groups excluding carboxylic acids is 1. The Labute approximate surface area is 223 Å². The normalized spacial score (nSPS) is 13.1. The minimum Gasteiger partial charge on any atom is -0.471 e. The first kappa shape index (κ1) is 27.5. The van der Waals surface area contributed by atoms with Gasteiger partial charge >= 0.3 is 11.7 Å². The van der Waals surface area contributed by atoms with Gasteiger partial charge < -0.3 is 9.47 Å². The number of halogens is 2. The third kappa shape index (κ3) is 5.98. The van der Waals surface area contributed by atoms with Gasteiger partial charge in [-0.2, -0.15) is 9.78 Å². The molecule has 0 saturated heterocycles. The zero-order valence-electron chi connectivity index (χ0n) is 20.0. The molecule has 3 aromatic rings. The van der Waals surface area contributed by atoms with E-state index in [4.69, 9.17) is 9.47 Å². The van der Waals surface area contributed by atoms with Crippen LogP contribution < -0.4 is 10.3 Å². The number of benzene rings is 2. The molecule has 0 unspecified atom stereocenters. The van der Waals surface area contributed by atoms with Crippen molar-refractivity contribution in [3.05, 3.63) is 71.1 Å². The van der Waals surface area contributed by atoms with Crippen LogP contribution >= 0.6 is 31.9 Å². The molecule has 0 spiro atoms. The molecule has 1 heterocycles. The van der Waals surface area contributed by atoms with Crippen molar-refractivity contribution in [3.63, 3.8) is 0 Å². The molecular weight excluding hydrogens is 600 g/mol. The maximum Gasteiger partial charge on any atom is 0.347 e. The van der Waals surface area contributed by atoms with E-state index in [1.807, 2.05) is 19.9 Å². The summed E-state index contributed by atoms with van der Waals surface area (Å²) in [5.41, 5.74) is 0.156. The molecule has 3 rings (SSSR count). The summed E-state index contributed by atoms with van der Waals surface area (Å²) in [4.78, 5) is 41.0. The van der Waals surface area contributed by atoms with Gasteiger partial charge in [0, 0.05) is 22.0 Å². The van der Waals surface area contributed by atoms with Gasteiger partial charge in [0.15, 0.2) is 6.10 Å². The quantitative estimate of drug-likeness (QED) is 0.132. The molecule has 0 aliphatic carbocycles. The Morgan fingerprint density at radius 1 is 1.25 bits per heavy atom. The number of nitro groups is 1. The smallest absolute Gasteiger partial charge is 0.347 e. The van der Waals surface area contributed by atoms with Crippen molar-refractivity contribution in [1.29, 1.82) is 0 Å². The fourth-order valence-corrected chi connectivity index (χ4v) is 4.24. The van der Waals surface area contributed by atoms with Crippen LogP contribution in [0.15, 0.2) is 49.2 Å². The van der Waals surface area contributed by atoms with Crippen LogP contribution in [-0.2, 0) is 9.53 Å². The summed E-state index contributed by atoms with van der Waals surface area (Å²) in [5.74, 6) is -0.349. The van der Waals surface area contributed by atoms with Crippen molar-refractivity contribution >= 4 is 60.6 Å². The summed E-state index contributed by atoms with van der Waals surface area (Å²) in [7, 11) is 0. The molecule has 1 aromatic heterocycles. The molecule has 190 valence electrons. The third-order valence-corrected chi connectivity index (χ3v) is 6.45. The summed E-state index contributed by atoms with van der Waals surface area (Å²) < 4.78 is 12.6. The highest BCUT2D eigenvalue weighted by molar-refractivity contribution is 9.10. The van der Waals surface area contributed by atoms with Gasteiger partial charge in [0.1, 0.15) is 5.82 Å². The second-order valence-electron chi connectivity index (χ2n) is 7.92. The zero-order valence-corrected chi connectivity index (χ0v) is 23.2. The summed E-state index contributed by atoms with van der Waals surface area (Å²) in [6.07, 6.45) is 1.01. The molecule has 0 N–H and O–H groups in total. The number of nitrogens with zero attached hydrogens (tertiary/aromatic N) is 4. The molecule has 2 aromatic carbocycles. The van der Waals surface area contributed by atoms with E-state index in [1.54, 1.807) is 25.1 Å². The number of nitro benzene ring substituents is 1. The van der Waals surface area contributed by atoms with E-state index in [-0.39, 0.29) is 34.0 Å². The molecule has 0 saturated carbocycles. The first-order valence-corrected chi connectivity index (χ1v) is 12.7.